The standard InChI is InChI=1S/C10H18N4O/c11-3-1-2-4-13-10(7-15)5-9-6-12-8-14-9/h6-8,10,13H,1-5,11H2,(H,12,14). The maximum absolute atomic E-state index is 10.8. The van der Waals surface area contributed by atoms with Crippen LogP contribution in [0.5, 0.6) is 0 Å². The lowest BCUT2D eigenvalue weighted by molar-refractivity contribution is -0.109. The van der Waals surface area contributed by atoms with Crippen LogP contribution < -0.4 is 11.1 Å². The fourth-order valence-electron chi connectivity index (χ4n) is 1.36. The third kappa shape index (κ3) is 4.71. The quantitative estimate of drug-likeness (QED) is 0.411. The number of aldehydes is 1. The fraction of sp³-hybridized carbons (Fsp3) is 0.600. The summed E-state index contributed by atoms with van der Waals surface area (Å²) >= 11 is 0. The Bertz CT molecular complexity index is 260. The molecule has 0 amide bonds. The molecule has 0 aliphatic rings. The molecule has 0 fully saturated rings. The molecule has 0 aliphatic carbocycles. The van der Waals surface area contributed by atoms with E-state index in [0.29, 0.717) is 13.0 Å². The van der Waals surface area contributed by atoms with Crippen LogP contribution in [0.15, 0.2) is 12.5 Å². The Kier molecular flexibility index (Phi) is 5.65. The molecule has 1 aromatic heterocycles. The highest BCUT2D eigenvalue weighted by Gasteiger charge is 2.07. The lowest BCUT2D eigenvalue weighted by Gasteiger charge is -2.10. The molecule has 15 heavy (non-hydrogen) atoms. The molecule has 0 bridgehead atoms. The van der Waals surface area contributed by atoms with E-state index in [-0.39, 0.29) is 6.04 Å². The second-order valence-corrected chi connectivity index (χ2v) is 3.47. The molecule has 0 radical (unpaired) electrons. The maximum Gasteiger partial charge on any atom is 0.137 e. The maximum atomic E-state index is 10.8. The van der Waals surface area contributed by atoms with Gasteiger partial charge in [0.1, 0.15) is 6.29 Å². The number of hydrogen-bond donors (Lipinski definition) is 3. The number of imidazole rings is 1. The molecule has 0 aromatic carbocycles. The van der Waals surface area contributed by atoms with Crippen molar-refractivity contribution in [3.05, 3.63) is 18.2 Å². The minimum atomic E-state index is -0.136. The highest BCUT2D eigenvalue weighted by atomic mass is 16.1. The topological polar surface area (TPSA) is 83.8 Å². The SMILES string of the molecule is NCCCCNC(C=O)Cc1cnc[nH]1. The molecule has 5 heteroatoms. The van der Waals surface area contributed by atoms with Crippen molar-refractivity contribution in [2.45, 2.75) is 25.3 Å². The molecular formula is C10H18N4O. The molecule has 0 saturated carbocycles. The summed E-state index contributed by atoms with van der Waals surface area (Å²) in [6, 6.07) is -0.136. The first kappa shape index (κ1) is 11.9. The normalized spacial score (nSPS) is 12.6. The van der Waals surface area contributed by atoms with Crippen LogP contribution in [0.3, 0.4) is 0 Å². The molecule has 1 heterocycles. The Labute approximate surface area is 89.5 Å². The van der Waals surface area contributed by atoms with Crippen LogP contribution in [-0.2, 0) is 11.2 Å². The molecule has 1 unspecified atom stereocenters. The summed E-state index contributed by atoms with van der Waals surface area (Å²) in [4.78, 5) is 17.7. The summed E-state index contributed by atoms with van der Waals surface area (Å²) in [6.45, 7) is 1.53. The first-order chi connectivity index (χ1) is 7.36. The number of carbonyl (C=O) groups is 1. The molecule has 0 aliphatic heterocycles. The van der Waals surface area contributed by atoms with Gasteiger partial charge < -0.3 is 20.8 Å². The smallest absolute Gasteiger partial charge is 0.137 e. The third-order valence-electron chi connectivity index (χ3n) is 2.20. The summed E-state index contributed by atoms with van der Waals surface area (Å²) in [5.41, 5.74) is 6.35. The number of unbranched alkanes of at least 4 members (excludes halogenated alkanes) is 1. The van der Waals surface area contributed by atoms with E-state index in [2.05, 4.69) is 15.3 Å². The number of aromatic amines is 1. The van der Waals surface area contributed by atoms with Gasteiger partial charge in [-0.25, -0.2) is 4.98 Å². The Balaban J connectivity index is 2.21. The van der Waals surface area contributed by atoms with E-state index in [1.165, 1.54) is 0 Å². The molecule has 4 N–H and O–H groups in total. The first-order valence-corrected chi connectivity index (χ1v) is 5.23. The molecule has 1 aromatic rings. The zero-order valence-electron chi connectivity index (χ0n) is 8.78. The van der Waals surface area contributed by atoms with Gasteiger partial charge in [-0.2, -0.15) is 0 Å². The van der Waals surface area contributed by atoms with Crippen molar-refractivity contribution in [1.82, 2.24) is 15.3 Å². The third-order valence-corrected chi connectivity index (χ3v) is 2.20. The van der Waals surface area contributed by atoms with Gasteiger partial charge in [-0.15, -0.1) is 0 Å². The lowest BCUT2D eigenvalue weighted by atomic mass is 10.2. The van der Waals surface area contributed by atoms with Crippen molar-refractivity contribution in [3.8, 4) is 0 Å². The zero-order valence-corrected chi connectivity index (χ0v) is 8.78. The molecule has 1 atom stereocenters. The summed E-state index contributed by atoms with van der Waals surface area (Å²) in [7, 11) is 0. The monoisotopic (exact) mass is 210 g/mol. The van der Waals surface area contributed by atoms with Crippen LogP contribution in [0.4, 0.5) is 0 Å². The predicted octanol–water partition coefficient (Wildman–Crippen LogP) is -0.152. The molecule has 1 rings (SSSR count). The average Bonchev–Trinajstić information content (AvgIpc) is 2.75. The highest BCUT2D eigenvalue weighted by Crippen LogP contribution is 1.96. The van der Waals surface area contributed by atoms with Crippen molar-refractivity contribution in [3.63, 3.8) is 0 Å². The van der Waals surface area contributed by atoms with Gasteiger partial charge in [-0.3, -0.25) is 0 Å². The van der Waals surface area contributed by atoms with Gasteiger partial charge in [0.05, 0.1) is 12.4 Å². The second-order valence-electron chi connectivity index (χ2n) is 3.47. The van der Waals surface area contributed by atoms with E-state index in [9.17, 15) is 4.79 Å². The number of aromatic nitrogens is 2. The number of carbonyl (C=O) groups excluding carboxylic acids is 1. The van der Waals surface area contributed by atoms with Crippen molar-refractivity contribution in [2.24, 2.45) is 5.73 Å². The minimum absolute atomic E-state index is 0.136. The van der Waals surface area contributed by atoms with Crippen molar-refractivity contribution >= 4 is 6.29 Å². The minimum Gasteiger partial charge on any atom is -0.348 e. The van der Waals surface area contributed by atoms with Gasteiger partial charge in [0.15, 0.2) is 0 Å². The number of H-pyrrole nitrogens is 1. The molecule has 84 valence electrons. The number of nitrogens with zero attached hydrogens (tertiary/aromatic N) is 1. The van der Waals surface area contributed by atoms with Crippen LogP contribution in [0, 0.1) is 0 Å². The van der Waals surface area contributed by atoms with Crippen LogP contribution in [0.1, 0.15) is 18.5 Å². The second kappa shape index (κ2) is 7.14. The number of nitrogens with one attached hydrogen (secondary N) is 2. The van der Waals surface area contributed by atoms with E-state index in [0.717, 1.165) is 31.4 Å². The number of hydrogen-bond acceptors (Lipinski definition) is 4. The summed E-state index contributed by atoms with van der Waals surface area (Å²) in [5, 5.41) is 3.17. The van der Waals surface area contributed by atoms with Gasteiger partial charge in [-0.05, 0) is 25.9 Å². The molecule has 0 spiro atoms. The highest BCUT2D eigenvalue weighted by molar-refractivity contribution is 5.58. The summed E-state index contributed by atoms with van der Waals surface area (Å²) < 4.78 is 0. The average molecular weight is 210 g/mol. The van der Waals surface area contributed by atoms with E-state index >= 15 is 0 Å². The van der Waals surface area contributed by atoms with Gasteiger partial charge in [-0.1, -0.05) is 0 Å². The van der Waals surface area contributed by atoms with E-state index in [1.54, 1.807) is 12.5 Å². The molecule has 0 saturated heterocycles. The van der Waals surface area contributed by atoms with E-state index in [4.69, 9.17) is 5.73 Å². The van der Waals surface area contributed by atoms with Crippen LogP contribution in [0.2, 0.25) is 0 Å². The number of nitrogens with two attached hydrogens (primary N) is 1. The predicted molar refractivity (Wildman–Crippen MR) is 58.4 cm³/mol. The molecule has 5 nitrogen and oxygen atoms in total. The Morgan fingerprint density at radius 2 is 2.47 bits per heavy atom. The van der Waals surface area contributed by atoms with Gasteiger partial charge in [0, 0.05) is 18.3 Å². The van der Waals surface area contributed by atoms with E-state index < -0.39 is 0 Å². The van der Waals surface area contributed by atoms with Crippen molar-refractivity contribution in [1.29, 1.82) is 0 Å². The Hall–Kier alpha value is -1.20. The van der Waals surface area contributed by atoms with Gasteiger partial charge in [0.2, 0.25) is 0 Å². The Morgan fingerprint density at radius 3 is 3.07 bits per heavy atom. The summed E-state index contributed by atoms with van der Waals surface area (Å²) in [6.07, 6.45) is 6.94. The largest absolute Gasteiger partial charge is 0.348 e. The van der Waals surface area contributed by atoms with Crippen LogP contribution in [-0.4, -0.2) is 35.4 Å². The Morgan fingerprint density at radius 1 is 1.60 bits per heavy atom. The lowest BCUT2D eigenvalue weighted by Crippen LogP contribution is -2.33. The summed E-state index contributed by atoms with van der Waals surface area (Å²) in [5.74, 6) is 0. The van der Waals surface area contributed by atoms with Crippen molar-refractivity contribution in [2.75, 3.05) is 13.1 Å². The zero-order chi connectivity index (χ0) is 10.9. The van der Waals surface area contributed by atoms with Crippen molar-refractivity contribution < 1.29 is 4.79 Å². The van der Waals surface area contributed by atoms with Crippen LogP contribution >= 0.6 is 0 Å². The first-order valence-electron chi connectivity index (χ1n) is 5.23. The van der Waals surface area contributed by atoms with Gasteiger partial charge >= 0.3 is 0 Å². The van der Waals surface area contributed by atoms with Gasteiger partial charge in [0.25, 0.3) is 0 Å². The van der Waals surface area contributed by atoms with E-state index in [1.807, 2.05) is 0 Å². The fourth-order valence-corrected chi connectivity index (χ4v) is 1.36. The number of rotatable bonds is 8. The molecular weight excluding hydrogens is 192 g/mol. The van der Waals surface area contributed by atoms with Crippen LogP contribution in [0.25, 0.3) is 0 Å².